The van der Waals surface area contributed by atoms with Crippen LogP contribution in [0.2, 0.25) is 0 Å². The maximum Gasteiger partial charge on any atom is 0.332 e. The number of aryl methyl sites for hydroxylation is 1. The second-order valence-electron chi connectivity index (χ2n) is 10.6. The van der Waals surface area contributed by atoms with E-state index in [1.165, 1.54) is 34.9 Å². The Kier molecular flexibility index (Phi) is 6.46. The maximum atomic E-state index is 13.5. The number of anilines is 2. The molecule has 1 saturated carbocycles. The van der Waals surface area contributed by atoms with Crippen LogP contribution >= 0.6 is 0 Å². The van der Waals surface area contributed by atoms with E-state index in [1.54, 1.807) is 36.9 Å². The van der Waals surface area contributed by atoms with Crippen molar-refractivity contribution in [2.45, 2.75) is 38.8 Å². The third kappa shape index (κ3) is 4.44. The van der Waals surface area contributed by atoms with Gasteiger partial charge >= 0.3 is 5.69 Å². The second kappa shape index (κ2) is 9.92. The van der Waals surface area contributed by atoms with Crippen molar-refractivity contribution >= 4 is 34.5 Å². The fourth-order valence-electron chi connectivity index (χ4n) is 5.33. The molecule has 0 aromatic carbocycles. The van der Waals surface area contributed by atoms with Gasteiger partial charge in [-0.25, -0.2) is 33.5 Å². The Morgan fingerprint density at radius 3 is 2.50 bits per heavy atom. The van der Waals surface area contributed by atoms with Gasteiger partial charge in [-0.05, 0) is 19.1 Å². The molecule has 1 aliphatic carbocycles. The quantitative estimate of drug-likeness (QED) is 0.329. The Labute approximate surface area is 236 Å². The summed E-state index contributed by atoms with van der Waals surface area (Å²) in [7, 11) is 1.44. The zero-order chi connectivity index (χ0) is 29.9. The van der Waals surface area contributed by atoms with Crippen LogP contribution < -0.4 is 21.5 Å². The molecule has 2 unspecified atom stereocenters. The molecule has 2 fully saturated rings. The minimum Gasteiger partial charge on any atom is -0.354 e. The third-order valence-corrected chi connectivity index (χ3v) is 8.01. The molecule has 0 spiro atoms. The molecule has 1 saturated heterocycles. The van der Waals surface area contributed by atoms with Gasteiger partial charge < -0.3 is 14.8 Å². The largest absolute Gasteiger partial charge is 0.354 e. The summed E-state index contributed by atoms with van der Waals surface area (Å²) in [5.41, 5.74) is -0.421. The minimum atomic E-state index is -2.58. The number of nitrogens with one attached hydrogen (secondary N) is 1. The highest BCUT2D eigenvalue weighted by Crippen LogP contribution is 2.59. The van der Waals surface area contributed by atoms with Crippen LogP contribution in [0.4, 0.5) is 20.4 Å². The molecule has 5 heterocycles. The van der Waals surface area contributed by atoms with Gasteiger partial charge in [-0.15, -0.1) is 0 Å². The number of imidazole rings is 1. The monoisotopic (exact) mass is 579 g/mol. The predicted octanol–water partition coefficient (Wildman–Crippen LogP) is 1.63. The van der Waals surface area contributed by atoms with E-state index in [2.05, 4.69) is 25.3 Å². The Bertz CT molecular complexity index is 1830. The van der Waals surface area contributed by atoms with Crippen LogP contribution in [0.1, 0.15) is 26.3 Å². The van der Waals surface area contributed by atoms with Gasteiger partial charge in [0.15, 0.2) is 16.9 Å². The molecule has 3 atom stereocenters. The number of hydrogen-bond acceptors (Lipinski definition) is 9. The number of nitrogens with zero attached hydrogens (tertiary/aromatic N) is 8. The number of halogens is 2. The van der Waals surface area contributed by atoms with Crippen molar-refractivity contribution in [2.24, 2.45) is 18.9 Å². The first-order chi connectivity index (χ1) is 20.0. The minimum absolute atomic E-state index is 0.0137. The molecule has 2 aliphatic rings. The van der Waals surface area contributed by atoms with Crippen molar-refractivity contribution in [3.8, 4) is 11.4 Å². The molecular formula is C27H27F2N9O4. The number of Topliss-reactive ketones (excluding diaryl/α,β-unsaturated/α-hetero) is 1. The van der Waals surface area contributed by atoms with E-state index in [-0.39, 0.29) is 48.8 Å². The van der Waals surface area contributed by atoms with E-state index in [4.69, 9.17) is 0 Å². The number of amides is 1. The average molecular weight is 580 g/mol. The molecular weight excluding hydrogens is 552 g/mol. The van der Waals surface area contributed by atoms with E-state index < -0.39 is 41.0 Å². The van der Waals surface area contributed by atoms with Crippen molar-refractivity contribution in [2.75, 3.05) is 23.3 Å². The fourth-order valence-corrected chi connectivity index (χ4v) is 5.33. The number of ketones is 1. The van der Waals surface area contributed by atoms with Gasteiger partial charge in [0.1, 0.15) is 23.4 Å². The van der Waals surface area contributed by atoms with E-state index in [0.717, 1.165) is 4.57 Å². The van der Waals surface area contributed by atoms with Gasteiger partial charge in [0.2, 0.25) is 5.91 Å². The predicted molar refractivity (Wildman–Crippen MR) is 147 cm³/mol. The Hall–Kier alpha value is -4.82. The van der Waals surface area contributed by atoms with Crippen LogP contribution in [0.5, 0.6) is 0 Å². The number of piperidine rings is 1. The summed E-state index contributed by atoms with van der Waals surface area (Å²) in [6.45, 7) is 3.32. The zero-order valence-electron chi connectivity index (χ0n) is 23.0. The van der Waals surface area contributed by atoms with Crippen LogP contribution in [0.25, 0.3) is 22.6 Å². The van der Waals surface area contributed by atoms with Crippen molar-refractivity contribution in [3.63, 3.8) is 0 Å². The van der Waals surface area contributed by atoms with E-state index >= 15 is 0 Å². The molecule has 4 aromatic rings. The number of alkyl halides is 2. The normalized spacial score (nSPS) is 19.5. The highest BCUT2D eigenvalue weighted by molar-refractivity contribution is 5.93. The second-order valence-corrected chi connectivity index (χ2v) is 10.6. The number of hydrogen-bond donors (Lipinski definition) is 1. The number of fused-ring (bicyclic) bond motifs is 2. The SMILES string of the molecule is CCC(=O)Cn1c(=O)c2c(ncn2[C@@H](C)C(=O)Nc2cccc(-c3cnc(N4CC5C(C4)C5(F)F)cn3)n2)n(C)c1=O. The third-order valence-electron chi connectivity index (χ3n) is 8.01. The number of rotatable bonds is 8. The fraction of sp³-hybridized carbons (Fsp3) is 0.407. The van der Waals surface area contributed by atoms with Crippen LogP contribution in [0, 0.1) is 11.8 Å². The van der Waals surface area contributed by atoms with Crippen LogP contribution in [0.3, 0.4) is 0 Å². The molecule has 1 amide bonds. The van der Waals surface area contributed by atoms with Gasteiger partial charge in [0.25, 0.3) is 11.5 Å². The van der Waals surface area contributed by atoms with E-state index in [1.807, 2.05) is 0 Å². The van der Waals surface area contributed by atoms with Crippen molar-refractivity contribution < 1.29 is 18.4 Å². The van der Waals surface area contributed by atoms with Gasteiger partial charge in [0.05, 0.1) is 42.8 Å². The van der Waals surface area contributed by atoms with E-state index in [0.29, 0.717) is 17.2 Å². The molecule has 6 rings (SSSR count). The summed E-state index contributed by atoms with van der Waals surface area (Å²) in [6.07, 6.45) is 4.48. The lowest BCUT2D eigenvalue weighted by atomic mass is 10.2. The maximum absolute atomic E-state index is 13.5. The van der Waals surface area contributed by atoms with Crippen LogP contribution in [-0.2, 0) is 23.2 Å². The number of pyridine rings is 1. The zero-order valence-corrected chi connectivity index (χ0v) is 23.0. The first-order valence-electron chi connectivity index (χ1n) is 13.4. The molecule has 4 aromatic heterocycles. The van der Waals surface area contributed by atoms with Crippen molar-refractivity contribution in [3.05, 3.63) is 57.8 Å². The smallest absolute Gasteiger partial charge is 0.332 e. The highest BCUT2D eigenvalue weighted by atomic mass is 19.3. The summed E-state index contributed by atoms with van der Waals surface area (Å²) >= 11 is 0. The lowest BCUT2D eigenvalue weighted by Crippen LogP contribution is -2.41. The lowest BCUT2D eigenvalue weighted by Gasteiger charge is -2.20. The summed E-state index contributed by atoms with van der Waals surface area (Å²) < 4.78 is 30.4. The summed E-state index contributed by atoms with van der Waals surface area (Å²) in [4.78, 5) is 70.3. The summed E-state index contributed by atoms with van der Waals surface area (Å²) in [6, 6.07) is 4.03. The molecule has 0 bridgehead atoms. The first kappa shape index (κ1) is 27.4. The Morgan fingerprint density at radius 1 is 1.10 bits per heavy atom. The van der Waals surface area contributed by atoms with Gasteiger partial charge in [0, 0.05) is 26.6 Å². The first-order valence-corrected chi connectivity index (χ1v) is 13.4. The average Bonchev–Trinajstić information content (AvgIpc) is 3.41. The molecule has 0 radical (unpaired) electrons. The standard InChI is InChI=1S/C27H27F2N9O4/c1-4-15(39)10-37-25(41)22-23(35(3)26(37)42)32-13-38(22)14(2)24(40)34-20-7-5-6-18(33-20)19-8-31-21(9-30-19)36-11-16-17(12-36)27(16,28)29/h5-9,13-14,16-17H,4,10-12H2,1-3H3,(H,33,34,40)/t14-,16?,17?/m0/s1. The van der Waals surface area contributed by atoms with E-state index in [9.17, 15) is 28.0 Å². The van der Waals surface area contributed by atoms with Gasteiger partial charge in [-0.3, -0.25) is 23.5 Å². The van der Waals surface area contributed by atoms with Crippen LogP contribution in [0.15, 0.2) is 46.5 Å². The van der Waals surface area contributed by atoms with Gasteiger partial charge in [-0.2, -0.15) is 0 Å². The Morgan fingerprint density at radius 2 is 1.83 bits per heavy atom. The van der Waals surface area contributed by atoms with Crippen molar-refractivity contribution in [1.82, 2.24) is 33.6 Å². The molecule has 1 N–H and O–H groups in total. The Balaban J connectivity index is 1.20. The summed E-state index contributed by atoms with van der Waals surface area (Å²) in [5.74, 6) is -3.87. The number of carbonyl (C=O) groups is 2. The number of carbonyl (C=O) groups excluding carboxylic acids is 2. The summed E-state index contributed by atoms with van der Waals surface area (Å²) in [5, 5.41) is 2.72. The van der Waals surface area contributed by atoms with Crippen LogP contribution in [-0.4, -0.2) is 64.3 Å². The number of aromatic nitrogens is 7. The topological polar surface area (TPSA) is 150 Å². The molecule has 13 nitrogen and oxygen atoms in total. The van der Waals surface area contributed by atoms with Crippen molar-refractivity contribution in [1.29, 1.82) is 0 Å². The highest BCUT2D eigenvalue weighted by Gasteiger charge is 2.71. The molecule has 1 aliphatic heterocycles. The molecule has 42 heavy (non-hydrogen) atoms. The molecule has 15 heteroatoms. The van der Waals surface area contributed by atoms with Gasteiger partial charge in [-0.1, -0.05) is 13.0 Å². The molecule has 218 valence electrons. The lowest BCUT2D eigenvalue weighted by molar-refractivity contribution is -0.120.